The van der Waals surface area contributed by atoms with Gasteiger partial charge in [-0.1, -0.05) is 43.7 Å². The summed E-state index contributed by atoms with van der Waals surface area (Å²) in [6.07, 6.45) is 3.44. The first-order valence-electron chi connectivity index (χ1n) is 11.2. The second-order valence-electron chi connectivity index (χ2n) is 7.83. The van der Waals surface area contributed by atoms with Crippen LogP contribution >= 0.6 is 0 Å². The van der Waals surface area contributed by atoms with Crippen LogP contribution in [-0.4, -0.2) is 53.0 Å². The molecule has 2 aromatic carbocycles. The second-order valence-corrected chi connectivity index (χ2v) is 7.83. The molecule has 0 fully saturated rings. The molecule has 3 aromatic rings. The third-order valence-corrected chi connectivity index (χ3v) is 5.31. The number of para-hydroxylation sites is 3. The van der Waals surface area contributed by atoms with E-state index >= 15 is 0 Å². The first-order valence-corrected chi connectivity index (χ1v) is 11.2. The van der Waals surface area contributed by atoms with E-state index < -0.39 is 0 Å². The molecule has 0 bridgehead atoms. The van der Waals surface area contributed by atoms with Gasteiger partial charge in [0.05, 0.1) is 11.0 Å². The molecule has 0 aliphatic heterocycles. The number of amides is 2. The number of hydrogen-bond donors (Lipinski definition) is 1. The number of hydrogen-bond acceptors (Lipinski definition) is 4. The highest BCUT2D eigenvalue weighted by Gasteiger charge is 2.16. The predicted molar refractivity (Wildman–Crippen MR) is 126 cm³/mol. The van der Waals surface area contributed by atoms with Gasteiger partial charge >= 0.3 is 0 Å². The molecular weight excluding hydrogens is 404 g/mol. The molecule has 0 saturated heterocycles. The lowest BCUT2D eigenvalue weighted by Crippen LogP contribution is -2.32. The number of nitrogens with one attached hydrogen (secondary N) is 1. The molecule has 0 aliphatic carbocycles. The highest BCUT2D eigenvalue weighted by molar-refractivity contribution is 5.81. The van der Waals surface area contributed by atoms with E-state index in [-0.39, 0.29) is 25.0 Å². The molecule has 0 unspecified atom stereocenters. The highest BCUT2D eigenvalue weighted by Crippen LogP contribution is 2.17. The van der Waals surface area contributed by atoms with E-state index in [1.54, 1.807) is 4.90 Å². The lowest BCUT2D eigenvalue weighted by molar-refractivity contribution is -0.130. The Morgan fingerprint density at radius 1 is 1.06 bits per heavy atom. The van der Waals surface area contributed by atoms with Crippen LogP contribution in [0.1, 0.15) is 32.0 Å². The van der Waals surface area contributed by atoms with Crippen LogP contribution in [0.5, 0.6) is 5.75 Å². The first kappa shape index (κ1) is 23.3. The van der Waals surface area contributed by atoms with Crippen molar-refractivity contribution in [3.8, 4) is 5.75 Å². The smallest absolute Gasteiger partial charge is 0.257 e. The third-order valence-electron chi connectivity index (χ3n) is 5.31. The summed E-state index contributed by atoms with van der Waals surface area (Å²) in [5.41, 5.74) is 1.84. The number of fused-ring (bicyclic) bond motifs is 1. The summed E-state index contributed by atoms with van der Waals surface area (Å²) in [5.74, 6) is 1.45. The Morgan fingerprint density at radius 2 is 1.81 bits per heavy atom. The van der Waals surface area contributed by atoms with Crippen molar-refractivity contribution in [1.82, 2.24) is 19.8 Å². The number of benzene rings is 2. The molecule has 0 atom stereocenters. The highest BCUT2D eigenvalue weighted by atomic mass is 16.5. The monoisotopic (exact) mass is 436 g/mol. The van der Waals surface area contributed by atoms with Crippen molar-refractivity contribution in [2.75, 3.05) is 26.7 Å². The number of aromatic nitrogens is 2. The number of nitrogens with zero attached hydrogens (tertiary/aromatic N) is 3. The topological polar surface area (TPSA) is 76.5 Å². The quantitative estimate of drug-likeness (QED) is 0.442. The molecule has 0 saturated carbocycles. The maximum absolute atomic E-state index is 12.7. The molecular formula is C25H32N4O3. The van der Waals surface area contributed by atoms with Crippen LogP contribution in [0, 0.1) is 0 Å². The normalized spacial score (nSPS) is 10.8. The van der Waals surface area contributed by atoms with Crippen LogP contribution in [-0.2, 0) is 22.6 Å². The van der Waals surface area contributed by atoms with Gasteiger partial charge in [0.15, 0.2) is 6.61 Å². The Balaban J connectivity index is 1.54. The minimum Gasteiger partial charge on any atom is -0.484 e. The maximum Gasteiger partial charge on any atom is 0.257 e. The number of likely N-dealkylation sites (N-methyl/N-ethyl adjacent to an activating group) is 1. The van der Waals surface area contributed by atoms with E-state index in [0.717, 1.165) is 42.7 Å². The molecule has 0 radical (unpaired) electrons. The van der Waals surface area contributed by atoms with Gasteiger partial charge in [0, 0.05) is 26.6 Å². The summed E-state index contributed by atoms with van der Waals surface area (Å²) >= 11 is 0. The standard InChI is InChI=1S/C25H32N4O3/c1-3-4-17-28(2)25(31)18-29-22-14-9-8-13-21(22)27-23(29)15-10-16-26-24(30)19-32-20-11-6-5-7-12-20/h5-9,11-14H,3-4,10,15-19H2,1-2H3,(H,26,30). The van der Waals surface area contributed by atoms with Crippen LogP contribution < -0.4 is 10.1 Å². The molecule has 1 heterocycles. The maximum atomic E-state index is 12.7. The number of ether oxygens (including phenoxy) is 1. The molecule has 0 spiro atoms. The van der Waals surface area contributed by atoms with Crippen molar-refractivity contribution in [3.05, 3.63) is 60.4 Å². The fourth-order valence-electron chi connectivity index (χ4n) is 3.46. The van der Waals surface area contributed by atoms with E-state index in [1.165, 1.54) is 0 Å². The zero-order valence-corrected chi connectivity index (χ0v) is 18.9. The van der Waals surface area contributed by atoms with E-state index in [4.69, 9.17) is 9.72 Å². The largest absolute Gasteiger partial charge is 0.484 e. The molecule has 170 valence electrons. The molecule has 2 amide bonds. The van der Waals surface area contributed by atoms with Gasteiger partial charge in [-0.2, -0.15) is 0 Å². The van der Waals surface area contributed by atoms with Crippen LogP contribution in [0.15, 0.2) is 54.6 Å². The van der Waals surface area contributed by atoms with Gasteiger partial charge in [0.25, 0.3) is 5.91 Å². The fourth-order valence-corrected chi connectivity index (χ4v) is 3.46. The molecule has 7 nitrogen and oxygen atoms in total. The van der Waals surface area contributed by atoms with Gasteiger partial charge in [-0.15, -0.1) is 0 Å². The van der Waals surface area contributed by atoms with Crippen molar-refractivity contribution in [2.24, 2.45) is 0 Å². The number of carbonyl (C=O) groups is 2. The average molecular weight is 437 g/mol. The summed E-state index contributed by atoms with van der Waals surface area (Å²) < 4.78 is 7.47. The van der Waals surface area contributed by atoms with Gasteiger partial charge in [-0.05, 0) is 37.1 Å². The molecule has 3 rings (SSSR count). The summed E-state index contributed by atoms with van der Waals surface area (Å²) in [4.78, 5) is 31.3. The van der Waals surface area contributed by atoms with Crippen LogP contribution in [0.3, 0.4) is 0 Å². The van der Waals surface area contributed by atoms with Crippen molar-refractivity contribution in [2.45, 2.75) is 39.2 Å². The number of aryl methyl sites for hydroxylation is 1. The van der Waals surface area contributed by atoms with E-state index in [9.17, 15) is 9.59 Å². The number of rotatable bonds is 12. The van der Waals surface area contributed by atoms with Crippen LogP contribution in [0.25, 0.3) is 11.0 Å². The Morgan fingerprint density at radius 3 is 2.59 bits per heavy atom. The van der Waals surface area contributed by atoms with Crippen LogP contribution in [0.4, 0.5) is 0 Å². The Bertz CT molecular complexity index is 1020. The summed E-state index contributed by atoms with van der Waals surface area (Å²) in [5, 5.41) is 2.88. The second kappa shape index (κ2) is 11.9. The van der Waals surface area contributed by atoms with Crippen LogP contribution in [0.2, 0.25) is 0 Å². The SMILES string of the molecule is CCCCN(C)C(=O)Cn1c(CCCNC(=O)COc2ccccc2)nc2ccccc21. The van der Waals surface area contributed by atoms with Gasteiger partial charge in [0.1, 0.15) is 18.1 Å². The van der Waals surface area contributed by atoms with Crippen molar-refractivity contribution in [3.63, 3.8) is 0 Å². The molecule has 1 N–H and O–H groups in total. The predicted octanol–water partition coefficient (Wildman–Crippen LogP) is 3.42. The molecule has 7 heteroatoms. The average Bonchev–Trinajstić information content (AvgIpc) is 3.16. The lowest BCUT2D eigenvalue weighted by atomic mass is 10.2. The Kier molecular flexibility index (Phi) is 8.66. The van der Waals surface area contributed by atoms with E-state index in [1.807, 2.05) is 66.2 Å². The lowest BCUT2D eigenvalue weighted by Gasteiger charge is -2.18. The third kappa shape index (κ3) is 6.57. The zero-order valence-electron chi connectivity index (χ0n) is 18.9. The summed E-state index contributed by atoms with van der Waals surface area (Å²) in [7, 11) is 1.85. The van der Waals surface area contributed by atoms with Crippen molar-refractivity contribution < 1.29 is 14.3 Å². The van der Waals surface area contributed by atoms with E-state index in [0.29, 0.717) is 18.7 Å². The van der Waals surface area contributed by atoms with Crippen molar-refractivity contribution in [1.29, 1.82) is 0 Å². The summed E-state index contributed by atoms with van der Waals surface area (Å²) in [6.45, 7) is 3.65. The molecule has 0 aliphatic rings. The minimum atomic E-state index is -0.157. The van der Waals surface area contributed by atoms with Gasteiger partial charge in [-0.3, -0.25) is 9.59 Å². The fraction of sp³-hybridized carbons (Fsp3) is 0.400. The first-order chi connectivity index (χ1) is 15.6. The zero-order chi connectivity index (χ0) is 22.8. The van der Waals surface area contributed by atoms with Gasteiger partial charge < -0.3 is 19.5 Å². The van der Waals surface area contributed by atoms with E-state index in [2.05, 4.69) is 12.2 Å². The van der Waals surface area contributed by atoms with Gasteiger partial charge in [0.2, 0.25) is 5.91 Å². The summed E-state index contributed by atoms with van der Waals surface area (Å²) in [6, 6.07) is 17.1. The number of unbranched alkanes of at least 4 members (excludes halogenated alkanes) is 1. The minimum absolute atomic E-state index is 0.0128. The molecule has 32 heavy (non-hydrogen) atoms. The number of imidazole rings is 1. The molecule has 1 aromatic heterocycles. The number of carbonyl (C=O) groups excluding carboxylic acids is 2. The van der Waals surface area contributed by atoms with Crippen molar-refractivity contribution >= 4 is 22.8 Å². The Hall–Kier alpha value is -3.35. The Labute approximate surface area is 189 Å². The van der Waals surface area contributed by atoms with Gasteiger partial charge in [-0.25, -0.2) is 4.98 Å².